The Kier molecular flexibility index (Phi) is 6.33. The number of aromatic nitrogens is 7. The fourth-order valence-corrected chi connectivity index (χ4v) is 5.22. The minimum absolute atomic E-state index is 0.0468. The van der Waals surface area contributed by atoms with Crippen LogP contribution >= 0.6 is 11.3 Å². The fraction of sp³-hybridized carbons (Fsp3) is 0.417. The highest BCUT2D eigenvalue weighted by Crippen LogP contribution is 2.40. The number of anilines is 2. The molecule has 1 unspecified atom stereocenters. The van der Waals surface area contributed by atoms with Crippen molar-refractivity contribution in [3.05, 3.63) is 47.9 Å². The maximum Gasteiger partial charge on any atom is 0.408 e. The van der Waals surface area contributed by atoms with Crippen molar-refractivity contribution in [2.24, 2.45) is 0 Å². The molecule has 4 aromatic rings. The first-order chi connectivity index (χ1) is 18.7. The number of hydrogen-bond donors (Lipinski definition) is 2. The molecule has 39 heavy (non-hydrogen) atoms. The minimum Gasteiger partial charge on any atom is -0.391 e. The number of amides is 1. The molecule has 1 aliphatic carbocycles. The number of rotatable bonds is 7. The van der Waals surface area contributed by atoms with Crippen LogP contribution in [0.15, 0.2) is 36.5 Å². The van der Waals surface area contributed by atoms with Gasteiger partial charge in [0.05, 0.1) is 35.7 Å². The van der Waals surface area contributed by atoms with E-state index in [-0.39, 0.29) is 22.3 Å². The third-order valence-corrected chi connectivity index (χ3v) is 7.71. The molecule has 4 aromatic heterocycles. The molecule has 0 aromatic carbocycles. The van der Waals surface area contributed by atoms with Crippen LogP contribution in [0.2, 0.25) is 0 Å². The molecule has 5 heterocycles. The monoisotopic (exact) mass is 559 g/mol. The Morgan fingerprint density at radius 3 is 2.74 bits per heavy atom. The number of nitrogens with zero attached hydrogens (tertiary/aromatic N) is 8. The van der Waals surface area contributed by atoms with Crippen LogP contribution in [-0.2, 0) is 0 Å². The van der Waals surface area contributed by atoms with Crippen LogP contribution in [0, 0.1) is 0 Å². The predicted octanol–water partition coefficient (Wildman–Crippen LogP) is 3.81. The molecule has 0 spiro atoms. The van der Waals surface area contributed by atoms with E-state index < -0.39 is 24.2 Å². The fourth-order valence-electron chi connectivity index (χ4n) is 4.48. The van der Waals surface area contributed by atoms with E-state index in [1.807, 2.05) is 15.7 Å². The van der Waals surface area contributed by atoms with Crippen molar-refractivity contribution < 1.29 is 23.1 Å². The smallest absolute Gasteiger partial charge is 0.391 e. The highest BCUT2D eigenvalue weighted by atomic mass is 32.1. The summed E-state index contributed by atoms with van der Waals surface area (Å²) in [6.07, 6.45) is 4.20. The normalized spacial score (nSPS) is 18.5. The Morgan fingerprint density at radius 2 is 2.03 bits per heavy atom. The second kappa shape index (κ2) is 9.72. The number of hydrogen-bond acceptors (Lipinski definition) is 9. The Hall–Kier alpha value is -3.85. The first-order valence-corrected chi connectivity index (χ1v) is 13.3. The van der Waals surface area contributed by atoms with Gasteiger partial charge in [-0.1, -0.05) is 0 Å². The molecule has 2 aliphatic rings. The largest absolute Gasteiger partial charge is 0.408 e. The maximum atomic E-state index is 13.2. The van der Waals surface area contributed by atoms with Crippen molar-refractivity contribution >= 4 is 28.7 Å². The molecule has 15 heteroatoms. The van der Waals surface area contributed by atoms with Crippen molar-refractivity contribution in [2.75, 3.05) is 23.3 Å². The van der Waals surface area contributed by atoms with Gasteiger partial charge in [-0.15, -0.1) is 21.5 Å². The van der Waals surface area contributed by atoms with E-state index in [2.05, 4.69) is 30.5 Å². The Balaban J connectivity index is 1.25. The van der Waals surface area contributed by atoms with Gasteiger partial charge in [-0.05, 0) is 32.3 Å². The number of aliphatic hydroxyl groups is 1. The number of thiazole rings is 1. The molecule has 2 N–H and O–H groups in total. The zero-order valence-electron chi connectivity index (χ0n) is 20.7. The summed E-state index contributed by atoms with van der Waals surface area (Å²) in [5.74, 6) is 0.0304. The van der Waals surface area contributed by atoms with E-state index in [1.165, 1.54) is 5.38 Å². The van der Waals surface area contributed by atoms with E-state index in [9.17, 15) is 23.1 Å². The van der Waals surface area contributed by atoms with E-state index >= 15 is 0 Å². The van der Waals surface area contributed by atoms with Gasteiger partial charge in [-0.3, -0.25) is 9.36 Å². The Morgan fingerprint density at radius 1 is 1.21 bits per heavy atom. The van der Waals surface area contributed by atoms with Gasteiger partial charge >= 0.3 is 6.18 Å². The number of halogens is 3. The van der Waals surface area contributed by atoms with Crippen LogP contribution in [0.5, 0.6) is 0 Å². The van der Waals surface area contributed by atoms with Gasteiger partial charge in [-0.25, -0.2) is 15.0 Å². The molecule has 204 valence electrons. The third kappa shape index (κ3) is 5.11. The topological polar surface area (TPSA) is 127 Å². The average molecular weight is 560 g/mol. The van der Waals surface area contributed by atoms with Gasteiger partial charge in [0.1, 0.15) is 23.9 Å². The zero-order valence-corrected chi connectivity index (χ0v) is 21.5. The molecule has 0 radical (unpaired) electrons. The Bertz CT molecular complexity index is 1510. The molecule has 6 rings (SSSR count). The summed E-state index contributed by atoms with van der Waals surface area (Å²) in [4.78, 5) is 28.3. The van der Waals surface area contributed by atoms with E-state index in [0.29, 0.717) is 31.1 Å². The first kappa shape index (κ1) is 25.4. The molecule has 1 amide bonds. The van der Waals surface area contributed by atoms with Crippen molar-refractivity contribution in [3.8, 4) is 16.5 Å². The van der Waals surface area contributed by atoms with Gasteiger partial charge in [0.2, 0.25) is 0 Å². The second-order valence-corrected chi connectivity index (χ2v) is 10.6. The van der Waals surface area contributed by atoms with Gasteiger partial charge in [0, 0.05) is 30.6 Å². The summed E-state index contributed by atoms with van der Waals surface area (Å²) in [6.45, 7) is 2.13. The van der Waals surface area contributed by atoms with E-state index in [0.717, 1.165) is 53.4 Å². The standard InChI is InChI=1S/C24H24F3N9O2S/c1-13(24(25,26)27)36-12-30-33-21(36)23-32-20(10-39-23)31-22(38)16-6-18(35-9-17(29-11-35)14-2-3-14)19(7-28-16)34-5-4-15(37)8-34/h6-7,9-15,37H,2-5,8H2,1H3,(H,31,38)/t13-,15?/m0/s1. The lowest BCUT2D eigenvalue weighted by molar-refractivity contribution is -0.162. The highest BCUT2D eigenvalue weighted by Gasteiger charge is 2.39. The number of carbonyl (C=O) groups excluding carboxylic acids is 1. The lowest BCUT2D eigenvalue weighted by Gasteiger charge is -2.21. The average Bonchev–Trinajstić information content (AvgIpc) is 3.34. The number of alkyl halides is 3. The van der Waals surface area contributed by atoms with Gasteiger partial charge in [0.15, 0.2) is 10.8 Å². The lowest BCUT2D eigenvalue weighted by atomic mass is 10.2. The second-order valence-electron chi connectivity index (χ2n) is 9.70. The van der Waals surface area contributed by atoms with Crippen LogP contribution in [0.25, 0.3) is 16.5 Å². The van der Waals surface area contributed by atoms with Crippen molar-refractivity contribution in [1.29, 1.82) is 0 Å². The number of imidazole rings is 1. The molecular weight excluding hydrogens is 535 g/mol. The summed E-state index contributed by atoms with van der Waals surface area (Å²) in [5.41, 5.74) is 2.60. The van der Waals surface area contributed by atoms with Crippen molar-refractivity contribution in [1.82, 2.24) is 34.3 Å². The van der Waals surface area contributed by atoms with Crippen LogP contribution in [0.1, 0.15) is 54.3 Å². The van der Waals surface area contributed by atoms with Gasteiger partial charge in [-0.2, -0.15) is 13.2 Å². The zero-order chi connectivity index (χ0) is 27.3. The van der Waals surface area contributed by atoms with Crippen LogP contribution in [0.3, 0.4) is 0 Å². The number of pyridine rings is 1. The van der Waals surface area contributed by atoms with Crippen LogP contribution < -0.4 is 10.2 Å². The Labute approximate surface area is 224 Å². The number of aliphatic hydroxyl groups excluding tert-OH is 1. The van der Waals surface area contributed by atoms with Crippen molar-refractivity contribution in [3.63, 3.8) is 0 Å². The third-order valence-electron chi connectivity index (χ3n) is 6.88. The van der Waals surface area contributed by atoms with Crippen molar-refractivity contribution in [2.45, 2.75) is 50.4 Å². The van der Waals surface area contributed by atoms with E-state index in [4.69, 9.17) is 0 Å². The van der Waals surface area contributed by atoms with Crippen LogP contribution in [-0.4, -0.2) is 70.7 Å². The quantitative estimate of drug-likeness (QED) is 0.350. The SMILES string of the molecule is C[C@H](n1cnnc1-c1nc(NC(=O)c2cc(-n3cnc(C4CC4)c3)c(N3CCC(O)C3)cn2)cs1)C(F)(F)F. The molecule has 1 saturated heterocycles. The lowest BCUT2D eigenvalue weighted by Crippen LogP contribution is -2.24. The van der Waals surface area contributed by atoms with Crippen LogP contribution in [0.4, 0.5) is 24.7 Å². The highest BCUT2D eigenvalue weighted by molar-refractivity contribution is 7.13. The van der Waals surface area contributed by atoms with E-state index in [1.54, 1.807) is 18.6 Å². The molecule has 11 nitrogen and oxygen atoms in total. The molecular formula is C24H24F3N9O2S. The number of β-amino-alcohol motifs (C(OH)–C–C–N with tert-alkyl or cyclic N) is 1. The number of nitrogens with one attached hydrogen (secondary N) is 1. The summed E-state index contributed by atoms with van der Waals surface area (Å²) < 4.78 is 42.5. The first-order valence-electron chi connectivity index (χ1n) is 12.4. The summed E-state index contributed by atoms with van der Waals surface area (Å²) in [6, 6.07) is -0.186. The predicted molar refractivity (Wildman–Crippen MR) is 136 cm³/mol. The molecule has 2 atom stereocenters. The summed E-state index contributed by atoms with van der Waals surface area (Å²) >= 11 is 1.04. The minimum atomic E-state index is -4.48. The number of carbonyl (C=O) groups is 1. The summed E-state index contributed by atoms with van der Waals surface area (Å²) in [7, 11) is 0. The van der Waals surface area contributed by atoms with Gasteiger partial charge < -0.3 is 19.9 Å². The maximum absolute atomic E-state index is 13.2. The molecule has 2 fully saturated rings. The summed E-state index contributed by atoms with van der Waals surface area (Å²) in [5, 5.41) is 21.8. The van der Waals surface area contributed by atoms with Gasteiger partial charge in [0.25, 0.3) is 5.91 Å². The molecule has 0 bridgehead atoms. The molecule has 1 aliphatic heterocycles. The molecule has 1 saturated carbocycles.